The Morgan fingerprint density at radius 2 is 2.00 bits per heavy atom. The van der Waals surface area contributed by atoms with Crippen LogP contribution in [0, 0.1) is 5.82 Å². The van der Waals surface area contributed by atoms with Gasteiger partial charge in [-0.2, -0.15) is 0 Å². The van der Waals surface area contributed by atoms with Crippen molar-refractivity contribution in [3.63, 3.8) is 0 Å². The predicted molar refractivity (Wildman–Crippen MR) is 63.8 cm³/mol. The molecule has 0 aromatic heterocycles. The number of phenolic OH excluding ortho intramolecular Hbond substituents is 1. The number of ether oxygens (including phenoxy) is 1. The first-order chi connectivity index (χ1) is 8.15. The van der Waals surface area contributed by atoms with Crippen molar-refractivity contribution in [2.24, 2.45) is 0 Å². The van der Waals surface area contributed by atoms with E-state index in [1.165, 1.54) is 18.2 Å². The third-order valence-electron chi connectivity index (χ3n) is 2.24. The lowest BCUT2D eigenvalue weighted by molar-refractivity contribution is 0.297. The molecule has 0 unspecified atom stereocenters. The zero-order valence-corrected chi connectivity index (χ0v) is 9.62. The number of rotatable bonds is 3. The highest BCUT2D eigenvalue weighted by molar-refractivity contribution is 6.30. The first-order valence-corrected chi connectivity index (χ1v) is 5.39. The molecule has 0 bridgehead atoms. The minimum absolute atomic E-state index is 0.0638. The first kappa shape index (κ1) is 11.7. The predicted octanol–water partition coefficient (Wildman–Crippen LogP) is 3.76. The van der Waals surface area contributed by atoms with E-state index in [9.17, 15) is 9.50 Å². The fourth-order valence-electron chi connectivity index (χ4n) is 1.38. The van der Waals surface area contributed by atoms with Crippen molar-refractivity contribution in [3.05, 3.63) is 58.9 Å². The molecule has 4 heteroatoms. The molecule has 0 spiro atoms. The zero-order valence-electron chi connectivity index (χ0n) is 8.86. The molecule has 2 aromatic rings. The second-order valence-corrected chi connectivity index (χ2v) is 3.96. The van der Waals surface area contributed by atoms with Crippen LogP contribution in [-0.4, -0.2) is 5.11 Å². The molecule has 0 aliphatic heterocycles. The smallest absolute Gasteiger partial charge is 0.126 e. The fourth-order valence-corrected chi connectivity index (χ4v) is 1.54. The quantitative estimate of drug-likeness (QED) is 0.901. The van der Waals surface area contributed by atoms with Crippen LogP contribution in [0.4, 0.5) is 4.39 Å². The first-order valence-electron chi connectivity index (χ1n) is 5.01. The lowest BCUT2D eigenvalue weighted by Crippen LogP contribution is -1.96. The van der Waals surface area contributed by atoms with E-state index in [4.69, 9.17) is 16.3 Å². The Hall–Kier alpha value is -1.74. The van der Waals surface area contributed by atoms with Crippen LogP contribution in [0.25, 0.3) is 0 Å². The minimum Gasteiger partial charge on any atom is -0.507 e. The van der Waals surface area contributed by atoms with E-state index in [1.807, 2.05) is 0 Å². The SMILES string of the molecule is Oc1cc(Cl)ccc1COc1cccc(F)c1. The van der Waals surface area contributed by atoms with Crippen LogP contribution in [0.5, 0.6) is 11.5 Å². The Balaban J connectivity index is 2.07. The monoisotopic (exact) mass is 252 g/mol. The van der Waals surface area contributed by atoms with Gasteiger partial charge in [0.1, 0.15) is 23.9 Å². The summed E-state index contributed by atoms with van der Waals surface area (Å²) < 4.78 is 18.2. The topological polar surface area (TPSA) is 29.5 Å². The standard InChI is InChI=1S/C13H10ClFO2/c14-10-5-4-9(13(16)6-10)8-17-12-3-1-2-11(15)7-12/h1-7,16H,8H2. The second-order valence-electron chi connectivity index (χ2n) is 3.52. The highest BCUT2D eigenvalue weighted by Gasteiger charge is 2.03. The summed E-state index contributed by atoms with van der Waals surface area (Å²) >= 11 is 5.70. The number of aromatic hydroxyl groups is 1. The van der Waals surface area contributed by atoms with E-state index in [0.717, 1.165) is 0 Å². The van der Waals surface area contributed by atoms with Crippen LogP contribution in [-0.2, 0) is 6.61 Å². The molecule has 0 saturated heterocycles. The summed E-state index contributed by atoms with van der Waals surface area (Å²) in [7, 11) is 0. The summed E-state index contributed by atoms with van der Waals surface area (Å²) in [5.41, 5.74) is 0.596. The third kappa shape index (κ3) is 3.11. The molecule has 2 aromatic carbocycles. The number of hydrogen-bond acceptors (Lipinski definition) is 2. The second kappa shape index (κ2) is 5.06. The van der Waals surface area contributed by atoms with E-state index < -0.39 is 0 Å². The van der Waals surface area contributed by atoms with Crippen molar-refractivity contribution >= 4 is 11.6 Å². The molecule has 0 fully saturated rings. The van der Waals surface area contributed by atoms with Crippen LogP contribution in [0.1, 0.15) is 5.56 Å². The highest BCUT2D eigenvalue weighted by Crippen LogP contribution is 2.23. The van der Waals surface area contributed by atoms with Crippen molar-refractivity contribution in [1.82, 2.24) is 0 Å². The molecule has 0 aliphatic carbocycles. The molecule has 17 heavy (non-hydrogen) atoms. The van der Waals surface area contributed by atoms with E-state index >= 15 is 0 Å². The summed E-state index contributed by atoms with van der Waals surface area (Å²) in [6.45, 7) is 0.159. The Morgan fingerprint density at radius 3 is 2.71 bits per heavy atom. The molecule has 0 atom stereocenters. The van der Waals surface area contributed by atoms with Crippen LogP contribution >= 0.6 is 11.6 Å². The van der Waals surface area contributed by atoms with E-state index in [1.54, 1.807) is 24.3 Å². The highest BCUT2D eigenvalue weighted by atomic mass is 35.5. The lowest BCUT2D eigenvalue weighted by atomic mass is 10.2. The van der Waals surface area contributed by atoms with Gasteiger partial charge in [-0.3, -0.25) is 0 Å². The Labute approximate surface area is 103 Å². The van der Waals surface area contributed by atoms with Crippen molar-refractivity contribution in [2.75, 3.05) is 0 Å². The van der Waals surface area contributed by atoms with Gasteiger partial charge in [0.25, 0.3) is 0 Å². The van der Waals surface area contributed by atoms with E-state index in [-0.39, 0.29) is 18.2 Å². The summed E-state index contributed by atoms with van der Waals surface area (Å²) in [5.74, 6) is 0.121. The molecule has 2 nitrogen and oxygen atoms in total. The Morgan fingerprint density at radius 1 is 1.18 bits per heavy atom. The molecule has 1 N–H and O–H groups in total. The average Bonchev–Trinajstić information content (AvgIpc) is 2.28. The van der Waals surface area contributed by atoms with Gasteiger partial charge in [-0.15, -0.1) is 0 Å². The Bertz CT molecular complexity index is 529. The Kier molecular flexibility index (Phi) is 3.49. The normalized spacial score (nSPS) is 10.2. The fraction of sp³-hybridized carbons (Fsp3) is 0.0769. The molecule has 0 heterocycles. The summed E-state index contributed by atoms with van der Waals surface area (Å²) in [6, 6.07) is 10.6. The van der Waals surface area contributed by atoms with Gasteiger partial charge in [-0.1, -0.05) is 23.7 Å². The number of benzene rings is 2. The van der Waals surface area contributed by atoms with Crippen LogP contribution < -0.4 is 4.74 Å². The maximum atomic E-state index is 12.9. The lowest BCUT2D eigenvalue weighted by Gasteiger charge is -2.08. The van der Waals surface area contributed by atoms with Gasteiger partial charge >= 0.3 is 0 Å². The minimum atomic E-state index is -0.358. The average molecular weight is 253 g/mol. The molecular formula is C13H10ClFO2. The van der Waals surface area contributed by atoms with Gasteiger partial charge in [-0.05, 0) is 24.3 Å². The third-order valence-corrected chi connectivity index (χ3v) is 2.47. The van der Waals surface area contributed by atoms with Crippen molar-refractivity contribution in [3.8, 4) is 11.5 Å². The van der Waals surface area contributed by atoms with Gasteiger partial charge in [0, 0.05) is 16.7 Å². The molecule has 88 valence electrons. The molecule has 2 rings (SSSR count). The molecule has 0 saturated carbocycles. The molecule has 0 amide bonds. The van der Waals surface area contributed by atoms with Gasteiger partial charge in [0.05, 0.1) is 0 Å². The maximum absolute atomic E-state index is 12.9. The van der Waals surface area contributed by atoms with Crippen LogP contribution in [0.2, 0.25) is 5.02 Å². The van der Waals surface area contributed by atoms with Gasteiger partial charge < -0.3 is 9.84 Å². The van der Waals surface area contributed by atoms with Gasteiger partial charge in [-0.25, -0.2) is 4.39 Å². The molecule has 0 aliphatic rings. The van der Waals surface area contributed by atoms with E-state index in [0.29, 0.717) is 16.3 Å². The van der Waals surface area contributed by atoms with Crippen molar-refractivity contribution < 1.29 is 14.2 Å². The van der Waals surface area contributed by atoms with Gasteiger partial charge in [0.2, 0.25) is 0 Å². The van der Waals surface area contributed by atoms with E-state index in [2.05, 4.69) is 0 Å². The summed E-state index contributed by atoms with van der Waals surface area (Å²) in [4.78, 5) is 0. The van der Waals surface area contributed by atoms with Crippen molar-refractivity contribution in [2.45, 2.75) is 6.61 Å². The summed E-state index contributed by atoms with van der Waals surface area (Å²) in [6.07, 6.45) is 0. The van der Waals surface area contributed by atoms with Crippen LogP contribution in [0.3, 0.4) is 0 Å². The zero-order chi connectivity index (χ0) is 12.3. The summed E-state index contributed by atoms with van der Waals surface area (Å²) in [5, 5.41) is 10.0. The molecule has 0 radical (unpaired) electrons. The maximum Gasteiger partial charge on any atom is 0.126 e. The van der Waals surface area contributed by atoms with Crippen LogP contribution in [0.15, 0.2) is 42.5 Å². The largest absolute Gasteiger partial charge is 0.507 e. The molecular weight excluding hydrogens is 243 g/mol. The number of hydrogen-bond donors (Lipinski definition) is 1. The van der Waals surface area contributed by atoms with Gasteiger partial charge in [0.15, 0.2) is 0 Å². The number of halogens is 2. The number of phenols is 1. The van der Waals surface area contributed by atoms with Crippen molar-refractivity contribution in [1.29, 1.82) is 0 Å².